The molecule has 1 aromatic rings. The summed E-state index contributed by atoms with van der Waals surface area (Å²) in [7, 11) is 0. The fourth-order valence-electron chi connectivity index (χ4n) is 3.62. The normalized spacial score (nSPS) is 20.3. The van der Waals surface area contributed by atoms with Crippen LogP contribution in [0.4, 0.5) is 10.5 Å². The third-order valence-electron chi connectivity index (χ3n) is 5.09. The van der Waals surface area contributed by atoms with Gasteiger partial charge in [-0.1, -0.05) is 13.0 Å². The number of likely N-dealkylation sites (tertiary alicyclic amines) is 1. The SMILES string of the molecule is CCCNC(=O)C1CCN(C(=O)N2CC(C)Oc3ccc(C)cc32)CC1. The molecule has 0 aliphatic carbocycles. The van der Waals surface area contributed by atoms with E-state index in [1.165, 1.54) is 0 Å². The van der Waals surface area contributed by atoms with Crippen LogP contribution in [0.25, 0.3) is 0 Å². The van der Waals surface area contributed by atoms with Crippen molar-refractivity contribution in [1.82, 2.24) is 10.2 Å². The van der Waals surface area contributed by atoms with E-state index in [1.54, 1.807) is 0 Å². The molecule has 1 atom stereocenters. The Bertz CT molecular complexity index is 668. The van der Waals surface area contributed by atoms with Gasteiger partial charge in [-0.15, -0.1) is 0 Å². The van der Waals surface area contributed by atoms with Gasteiger partial charge in [-0.05, 0) is 50.8 Å². The number of hydrogen-bond acceptors (Lipinski definition) is 3. The van der Waals surface area contributed by atoms with E-state index in [4.69, 9.17) is 4.74 Å². The van der Waals surface area contributed by atoms with Crippen molar-refractivity contribution in [3.63, 3.8) is 0 Å². The number of carbonyl (C=O) groups is 2. The molecule has 1 unspecified atom stereocenters. The molecule has 2 heterocycles. The summed E-state index contributed by atoms with van der Waals surface area (Å²) in [6.45, 7) is 8.55. The van der Waals surface area contributed by atoms with E-state index in [1.807, 2.05) is 48.8 Å². The van der Waals surface area contributed by atoms with Gasteiger partial charge in [-0.3, -0.25) is 9.69 Å². The van der Waals surface area contributed by atoms with E-state index in [2.05, 4.69) is 5.32 Å². The highest BCUT2D eigenvalue weighted by atomic mass is 16.5. The van der Waals surface area contributed by atoms with Crippen molar-refractivity contribution in [3.8, 4) is 5.75 Å². The van der Waals surface area contributed by atoms with E-state index in [0.29, 0.717) is 19.6 Å². The second-order valence-electron chi connectivity index (χ2n) is 7.35. The standard InChI is InChI=1S/C20H29N3O3/c1-4-9-21-19(24)16-7-10-22(11-8-16)20(25)23-13-15(3)26-18-6-5-14(2)12-17(18)23/h5-6,12,15-16H,4,7-11,13H2,1-3H3,(H,21,24). The molecule has 1 saturated heterocycles. The Morgan fingerprint density at radius 3 is 2.69 bits per heavy atom. The van der Waals surface area contributed by atoms with Crippen molar-refractivity contribution in [1.29, 1.82) is 0 Å². The molecule has 0 saturated carbocycles. The van der Waals surface area contributed by atoms with Crippen LogP contribution in [0.1, 0.15) is 38.7 Å². The van der Waals surface area contributed by atoms with E-state index >= 15 is 0 Å². The van der Waals surface area contributed by atoms with Gasteiger partial charge in [0.25, 0.3) is 0 Å². The molecule has 2 aliphatic rings. The number of anilines is 1. The van der Waals surface area contributed by atoms with Crippen LogP contribution in [0, 0.1) is 12.8 Å². The summed E-state index contributed by atoms with van der Waals surface area (Å²) in [5.41, 5.74) is 1.95. The maximum absolute atomic E-state index is 13.1. The predicted molar refractivity (Wildman–Crippen MR) is 102 cm³/mol. The van der Waals surface area contributed by atoms with Crippen molar-refractivity contribution < 1.29 is 14.3 Å². The molecule has 1 aromatic carbocycles. The molecule has 2 aliphatic heterocycles. The summed E-state index contributed by atoms with van der Waals surface area (Å²) in [5, 5.41) is 2.97. The zero-order chi connectivity index (χ0) is 18.7. The van der Waals surface area contributed by atoms with Gasteiger partial charge < -0.3 is 15.0 Å². The number of benzene rings is 1. The van der Waals surface area contributed by atoms with E-state index in [9.17, 15) is 9.59 Å². The Labute approximate surface area is 155 Å². The molecule has 0 spiro atoms. The van der Waals surface area contributed by atoms with Gasteiger partial charge in [0.15, 0.2) is 0 Å². The number of rotatable bonds is 3. The fraction of sp³-hybridized carbons (Fsp3) is 0.600. The molecular formula is C20H29N3O3. The molecular weight excluding hydrogens is 330 g/mol. The quantitative estimate of drug-likeness (QED) is 0.903. The predicted octanol–water partition coefficient (Wildman–Crippen LogP) is 2.94. The number of nitrogens with one attached hydrogen (secondary N) is 1. The number of amides is 3. The Morgan fingerprint density at radius 2 is 2.00 bits per heavy atom. The van der Waals surface area contributed by atoms with Gasteiger partial charge >= 0.3 is 6.03 Å². The lowest BCUT2D eigenvalue weighted by atomic mass is 9.96. The third-order valence-corrected chi connectivity index (χ3v) is 5.09. The number of ether oxygens (including phenoxy) is 1. The largest absolute Gasteiger partial charge is 0.487 e. The highest BCUT2D eigenvalue weighted by Crippen LogP contribution is 2.35. The van der Waals surface area contributed by atoms with Crippen LogP contribution in [-0.4, -0.2) is 49.1 Å². The van der Waals surface area contributed by atoms with Crippen molar-refractivity contribution >= 4 is 17.6 Å². The molecule has 1 fully saturated rings. The van der Waals surface area contributed by atoms with Crippen molar-refractivity contribution in [3.05, 3.63) is 23.8 Å². The summed E-state index contributed by atoms with van der Waals surface area (Å²) in [4.78, 5) is 29.0. The molecule has 0 radical (unpaired) electrons. The van der Waals surface area contributed by atoms with Crippen molar-refractivity contribution in [2.75, 3.05) is 31.1 Å². The Balaban J connectivity index is 1.66. The molecule has 3 amide bonds. The summed E-state index contributed by atoms with van der Waals surface area (Å²) < 4.78 is 5.88. The number of nitrogens with zero attached hydrogens (tertiary/aromatic N) is 2. The highest BCUT2D eigenvalue weighted by molar-refractivity contribution is 5.94. The minimum absolute atomic E-state index is 0.0133. The van der Waals surface area contributed by atoms with Crippen LogP contribution in [0.3, 0.4) is 0 Å². The van der Waals surface area contributed by atoms with Crippen LogP contribution in [0.5, 0.6) is 5.75 Å². The van der Waals surface area contributed by atoms with Crippen molar-refractivity contribution in [2.24, 2.45) is 5.92 Å². The molecule has 142 valence electrons. The second-order valence-corrected chi connectivity index (χ2v) is 7.35. The van der Waals surface area contributed by atoms with E-state index in [-0.39, 0.29) is 24.0 Å². The minimum Gasteiger partial charge on any atom is -0.487 e. The topological polar surface area (TPSA) is 61.9 Å². The summed E-state index contributed by atoms with van der Waals surface area (Å²) in [6.07, 6.45) is 2.35. The average Bonchev–Trinajstić information content (AvgIpc) is 2.65. The number of carbonyl (C=O) groups excluding carboxylic acids is 2. The Hall–Kier alpha value is -2.24. The van der Waals surface area contributed by atoms with Gasteiger partial charge in [0, 0.05) is 25.6 Å². The van der Waals surface area contributed by atoms with Crippen LogP contribution in [0.2, 0.25) is 0 Å². The van der Waals surface area contributed by atoms with Crippen LogP contribution in [0.15, 0.2) is 18.2 Å². The monoisotopic (exact) mass is 359 g/mol. The van der Waals surface area contributed by atoms with Crippen LogP contribution < -0.4 is 15.0 Å². The molecule has 26 heavy (non-hydrogen) atoms. The number of fused-ring (bicyclic) bond motifs is 1. The first-order valence-corrected chi connectivity index (χ1v) is 9.61. The van der Waals surface area contributed by atoms with Crippen molar-refractivity contribution in [2.45, 2.75) is 46.1 Å². The third kappa shape index (κ3) is 3.94. The first-order valence-electron chi connectivity index (χ1n) is 9.61. The fourth-order valence-corrected chi connectivity index (χ4v) is 3.62. The highest BCUT2D eigenvalue weighted by Gasteiger charge is 2.33. The number of urea groups is 1. The molecule has 6 nitrogen and oxygen atoms in total. The number of piperidine rings is 1. The second kappa shape index (κ2) is 7.98. The van der Waals surface area contributed by atoms with E-state index in [0.717, 1.165) is 42.8 Å². The lowest BCUT2D eigenvalue weighted by molar-refractivity contribution is -0.126. The summed E-state index contributed by atoms with van der Waals surface area (Å²) >= 11 is 0. The molecule has 3 rings (SSSR count). The van der Waals surface area contributed by atoms with Gasteiger partial charge in [0.2, 0.25) is 5.91 Å². The zero-order valence-electron chi connectivity index (χ0n) is 16.0. The first-order chi connectivity index (χ1) is 12.5. The Kier molecular flexibility index (Phi) is 5.69. The lowest BCUT2D eigenvalue weighted by Crippen LogP contribution is -2.52. The van der Waals surface area contributed by atoms with Crippen LogP contribution in [-0.2, 0) is 4.79 Å². The molecule has 6 heteroatoms. The summed E-state index contributed by atoms with van der Waals surface area (Å²) in [6, 6.07) is 5.95. The first kappa shape index (κ1) is 18.5. The Morgan fingerprint density at radius 1 is 1.27 bits per heavy atom. The number of hydrogen-bond donors (Lipinski definition) is 1. The maximum atomic E-state index is 13.1. The smallest absolute Gasteiger partial charge is 0.324 e. The van der Waals surface area contributed by atoms with Gasteiger partial charge in [-0.2, -0.15) is 0 Å². The van der Waals surface area contributed by atoms with Gasteiger partial charge in [-0.25, -0.2) is 4.79 Å². The summed E-state index contributed by atoms with van der Waals surface area (Å²) in [5.74, 6) is 0.903. The zero-order valence-corrected chi connectivity index (χ0v) is 16.0. The molecule has 1 N–H and O–H groups in total. The van der Waals surface area contributed by atoms with Gasteiger partial charge in [0.05, 0.1) is 12.2 Å². The minimum atomic E-state index is -0.0356. The number of aryl methyl sites for hydroxylation is 1. The molecule has 0 aromatic heterocycles. The van der Waals surface area contributed by atoms with Crippen LogP contribution >= 0.6 is 0 Å². The van der Waals surface area contributed by atoms with Gasteiger partial charge in [0.1, 0.15) is 11.9 Å². The lowest BCUT2D eigenvalue weighted by Gasteiger charge is -2.39. The maximum Gasteiger partial charge on any atom is 0.324 e. The molecule has 0 bridgehead atoms. The average molecular weight is 359 g/mol. The van der Waals surface area contributed by atoms with E-state index < -0.39 is 0 Å².